The third kappa shape index (κ3) is 3.71. The van der Waals surface area contributed by atoms with Gasteiger partial charge in [-0.3, -0.25) is 4.90 Å². The standard InChI is InChI=1S/C15H25BrN4/c1-4-14-11-20(7-6-19(14)3)15-12(9-17-5-2)8-13(16)10-18-15/h8,10,14,17H,4-7,9,11H2,1-3H3. The molecule has 1 saturated heterocycles. The first-order valence-corrected chi connectivity index (χ1v) is 8.25. The van der Waals surface area contributed by atoms with Gasteiger partial charge in [-0.15, -0.1) is 0 Å². The van der Waals surface area contributed by atoms with E-state index in [9.17, 15) is 0 Å². The van der Waals surface area contributed by atoms with Crippen molar-refractivity contribution in [2.24, 2.45) is 0 Å². The molecule has 0 aromatic carbocycles. The van der Waals surface area contributed by atoms with E-state index < -0.39 is 0 Å². The summed E-state index contributed by atoms with van der Waals surface area (Å²) in [5.74, 6) is 1.14. The molecule has 1 aliphatic heterocycles. The van der Waals surface area contributed by atoms with Crippen LogP contribution in [0.4, 0.5) is 5.82 Å². The van der Waals surface area contributed by atoms with Crippen molar-refractivity contribution in [3.63, 3.8) is 0 Å². The van der Waals surface area contributed by atoms with Crippen LogP contribution in [0.5, 0.6) is 0 Å². The Morgan fingerprint density at radius 2 is 2.20 bits per heavy atom. The average molecular weight is 341 g/mol. The highest BCUT2D eigenvalue weighted by molar-refractivity contribution is 9.10. The van der Waals surface area contributed by atoms with Crippen LogP contribution in [-0.2, 0) is 6.54 Å². The minimum atomic E-state index is 0.626. The maximum atomic E-state index is 4.67. The zero-order valence-electron chi connectivity index (χ0n) is 12.7. The van der Waals surface area contributed by atoms with Gasteiger partial charge in [0.25, 0.3) is 0 Å². The lowest BCUT2D eigenvalue weighted by atomic mass is 10.1. The van der Waals surface area contributed by atoms with Crippen LogP contribution in [0.1, 0.15) is 25.8 Å². The summed E-state index contributed by atoms with van der Waals surface area (Å²) in [6, 6.07) is 2.81. The van der Waals surface area contributed by atoms with Gasteiger partial charge in [0.05, 0.1) is 0 Å². The number of aromatic nitrogens is 1. The van der Waals surface area contributed by atoms with E-state index in [1.165, 1.54) is 12.0 Å². The molecule has 0 radical (unpaired) electrons. The molecule has 1 aromatic heterocycles. The largest absolute Gasteiger partial charge is 0.353 e. The van der Waals surface area contributed by atoms with Crippen molar-refractivity contribution in [3.8, 4) is 0 Å². The number of piperazine rings is 1. The number of rotatable bonds is 5. The highest BCUT2D eigenvalue weighted by Gasteiger charge is 2.25. The lowest BCUT2D eigenvalue weighted by molar-refractivity contribution is 0.212. The van der Waals surface area contributed by atoms with Gasteiger partial charge in [0.1, 0.15) is 5.82 Å². The molecule has 0 bridgehead atoms. The van der Waals surface area contributed by atoms with Crippen molar-refractivity contribution >= 4 is 21.7 Å². The molecule has 0 spiro atoms. The Morgan fingerprint density at radius 1 is 1.40 bits per heavy atom. The van der Waals surface area contributed by atoms with E-state index in [0.29, 0.717) is 6.04 Å². The van der Waals surface area contributed by atoms with Gasteiger partial charge in [0, 0.05) is 48.5 Å². The Morgan fingerprint density at radius 3 is 2.90 bits per heavy atom. The first-order chi connectivity index (χ1) is 9.65. The smallest absolute Gasteiger partial charge is 0.133 e. The summed E-state index contributed by atoms with van der Waals surface area (Å²) in [7, 11) is 2.22. The van der Waals surface area contributed by atoms with Gasteiger partial charge < -0.3 is 10.2 Å². The fourth-order valence-corrected chi connectivity index (χ4v) is 3.11. The van der Waals surface area contributed by atoms with Gasteiger partial charge in [0.2, 0.25) is 0 Å². The number of nitrogens with one attached hydrogen (secondary N) is 1. The molecule has 0 saturated carbocycles. The maximum absolute atomic E-state index is 4.67. The summed E-state index contributed by atoms with van der Waals surface area (Å²) in [6.07, 6.45) is 3.09. The van der Waals surface area contributed by atoms with E-state index in [1.54, 1.807) is 0 Å². The van der Waals surface area contributed by atoms with Crippen LogP contribution < -0.4 is 10.2 Å². The van der Waals surface area contributed by atoms with E-state index in [0.717, 1.165) is 43.0 Å². The molecule has 1 aliphatic rings. The van der Waals surface area contributed by atoms with Gasteiger partial charge in [-0.25, -0.2) is 4.98 Å². The van der Waals surface area contributed by atoms with E-state index in [4.69, 9.17) is 0 Å². The average Bonchev–Trinajstić information content (AvgIpc) is 2.46. The third-order valence-corrected chi connectivity index (χ3v) is 4.46. The second kappa shape index (κ2) is 7.38. The number of hydrogen-bond donors (Lipinski definition) is 1. The molecule has 1 aromatic rings. The highest BCUT2D eigenvalue weighted by atomic mass is 79.9. The molecule has 4 nitrogen and oxygen atoms in total. The highest BCUT2D eigenvalue weighted by Crippen LogP contribution is 2.24. The lowest BCUT2D eigenvalue weighted by Gasteiger charge is -2.40. The van der Waals surface area contributed by atoms with Crippen molar-refractivity contribution in [2.75, 3.05) is 38.1 Å². The predicted octanol–water partition coefficient (Wildman–Crippen LogP) is 2.48. The van der Waals surface area contributed by atoms with Crippen LogP contribution in [0.2, 0.25) is 0 Å². The fraction of sp³-hybridized carbons (Fsp3) is 0.667. The van der Waals surface area contributed by atoms with Crippen LogP contribution in [0.15, 0.2) is 16.7 Å². The van der Waals surface area contributed by atoms with E-state index in [1.807, 2.05) is 6.20 Å². The Hall–Kier alpha value is -0.650. The predicted molar refractivity (Wildman–Crippen MR) is 88.2 cm³/mol. The number of nitrogens with zero attached hydrogens (tertiary/aromatic N) is 3. The summed E-state index contributed by atoms with van der Waals surface area (Å²) < 4.78 is 1.05. The Kier molecular flexibility index (Phi) is 5.81. The van der Waals surface area contributed by atoms with Crippen LogP contribution in [0.25, 0.3) is 0 Å². The topological polar surface area (TPSA) is 31.4 Å². The first kappa shape index (κ1) is 15.7. The van der Waals surface area contributed by atoms with Gasteiger partial charge >= 0.3 is 0 Å². The minimum Gasteiger partial charge on any atom is -0.353 e. The molecule has 1 fully saturated rings. The Labute approximate surface area is 130 Å². The number of hydrogen-bond acceptors (Lipinski definition) is 4. The Bertz CT molecular complexity index is 438. The monoisotopic (exact) mass is 340 g/mol. The summed E-state index contributed by atoms with van der Waals surface area (Å²) in [4.78, 5) is 9.56. The molecule has 1 atom stereocenters. The molecule has 5 heteroatoms. The molecular weight excluding hydrogens is 316 g/mol. The molecule has 20 heavy (non-hydrogen) atoms. The van der Waals surface area contributed by atoms with Crippen LogP contribution in [-0.4, -0.2) is 49.2 Å². The van der Waals surface area contributed by atoms with Crippen molar-refractivity contribution in [1.82, 2.24) is 15.2 Å². The molecule has 1 unspecified atom stereocenters. The number of likely N-dealkylation sites (N-methyl/N-ethyl adjacent to an activating group) is 1. The summed E-state index contributed by atoms with van der Waals surface area (Å²) >= 11 is 3.53. The lowest BCUT2D eigenvalue weighted by Crippen LogP contribution is -2.51. The molecule has 0 amide bonds. The zero-order valence-corrected chi connectivity index (χ0v) is 14.3. The SMILES string of the molecule is CCNCc1cc(Br)cnc1N1CCN(C)C(CC)C1. The third-order valence-electron chi connectivity index (χ3n) is 4.02. The van der Waals surface area contributed by atoms with Crippen molar-refractivity contribution < 1.29 is 0 Å². The second-order valence-corrected chi connectivity index (χ2v) is 6.32. The van der Waals surface area contributed by atoms with Gasteiger partial charge in [-0.05, 0) is 42.0 Å². The second-order valence-electron chi connectivity index (χ2n) is 5.41. The molecule has 2 rings (SSSR count). The number of pyridine rings is 1. The quantitative estimate of drug-likeness (QED) is 0.892. The molecule has 112 valence electrons. The van der Waals surface area contributed by atoms with Gasteiger partial charge in [-0.2, -0.15) is 0 Å². The first-order valence-electron chi connectivity index (χ1n) is 7.46. The van der Waals surface area contributed by atoms with Crippen LogP contribution >= 0.6 is 15.9 Å². The van der Waals surface area contributed by atoms with Crippen molar-refractivity contribution in [3.05, 3.63) is 22.3 Å². The number of anilines is 1. The Balaban J connectivity index is 2.18. The fourth-order valence-electron chi connectivity index (χ4n) is 2.73. The van der Waals surface area contributed by atoms with Gasteiger partial charge in [0.15, 0.2) is 0 Å². The van der Waals surface area contributed by atoms with Crippen molar-refractivity contribution in [2.45, 2.75) is 32.9 Å². The van der Waals surface area contributed by atoms with Crippen molar-refractivity contribution in [1.29, 1.82) is 0 Å². The van der Waals surface area contributed by atoms with Crippen LogP contribution in [0.3, 0.4) is 0 Å². The summed E-state index contributed by atoms with van der Waals surface area (Å²) in [6.45, 7) is 9.49. The van der Waals surface area contributed by atoms with Crippen LogP contribution in [0, 0.1) is 0 Å². The molecule has 0 aliphatic carbocycles. The number of halogens is 1. The summed E-state index contributed by atoms with van der Waals surface area (Å²) in [5, 5.41) is 3.41. The molecule has 2 heterocycles. The minimum absolute atomic E-state index is 0.626. The van der Waals surface area contributed by atoms with E-state index in [2.05, 4.69) is 63.0 Å². The normalized spacial score (nSPS) is 20.4. The van der Waals surface area contributed by atoms with Gasteiger partial charge in [-0.1, -0.05) is 13.8 Å². The summed E-state index contributed by atoms with van der Waals surface area (Å²) in [5.41, 5.74) is 1.28. The molecule has 1 N–H and O–H groups in total. The maximum Gasteiger partial charge on any atom is 0.133 e. The molecular formula is C15H25BrN4. The van der Waals surface area contributed by atoms with E-state index >= 15 is 0 Å². The zero-order chi connectivity index (χ0) is 14.5. The van der Waals surface area contributed by atoms with E-state index in [-0.39, 0.29) is 0 Å².